The van der Waals surface area contributed by atoms with E-state index < -0.39 is 0 Å². The van der Waals surface area contributed by atoms with Crippen LogP contribution in [0.3, 0.4) is 0 Å². The summed E-state index contributed by atoms with van der Waals surface area (Å²) in [4.78, 5) is 29.8. The van der Waals surface area contributed by atoms with Crippen molar-refractivity contribution in [2.45, 2.75) is 12.3 Å². The van der Waals surface area contributed by atoms with Gasteiger partial charge in [-0.25, -0.2) is 29.9 Å². The molecule has 1 atom stereocenters. The predicted molar refractivity (Wildman–Crippen MR) is 249 cm³/mol. The fraction of sp³-hybridized carbons (Fsp3) is 0.0370. The third-order valence-corrected chi connectivity index (χ3v) is 12.4. The molecule has 0 fully saturated rings. The number of thiophene rings is 1. The fourth-order valence-corrected chi connectivity index (χ4v) is 9.32. The molecule has 288 valence electrons. The first-order valence-corrected chi connectivity index (χ1v) is 21.2. The number of aromatic nitrogens is 6. The minimum atomic E-state index is 0.197. The first kappa shape index (κ1) is 36.3. The number of hydrogen-bond donors (Lipinski definition) is 0. The van der Waals surface area contributed by atoms with Crippen LogP contribution in [0, 0.1) is 0 Å². The maximum atomic E-state index is 5.01. The van der Waals surface area contributed by atoms with Crippen LogP contribution in [0.5, 0.6) is 0 Å². The smallest absolute Gasteiger partial charge is 0.164 e. The van der Waals surface area contributed by atoms with Crippen molar-refractivity contribution in [1.82, 2.24) is 29.9 Å². The zero-order valence-electron chi connectivity index (χ0n) is 32.9. The Labute approximate surface area is 357 Å². The van der Waals surface area contributed by atoms with Gasteiger partial charge in [0.05, 0.1) is 0 Å². The van der Waals surface area contributed by atoms with E-state index in [9.17, 15) is 0 Å². The van der Waals surface area contributed by atoms with Crippen molar-refractivity contribution in [3.05, 3.63) is 203 Å². The van der Waals surface area contributed by atoms with Gasteiger partial charge in [-0.15, -0.1) is 11.3 Å². The Balaban J connectivity index is 0.957. The molecule has 3 aromatic heterocycles. The molecule has 1 unspecified atom stereocenters. The van der Waals surface area contributed by atoms with E-state index in [1.807, 2.05) is 133 Å². The highest BCUT2D eigenvalue weighted by atomic mass is 32.1. The summed E-state index contributed by atoms with van der Waals surface area (Å²) >= 11 is 1.86. The van der Waals surface area contributed by atoms with Gasteiger partial charge in [0.15, 0.2) is 34.9 Å². The molecule has 10 aromatic rings. The van der Waals surface area contributed by atoms with Gasteiger partial charge >= 0.3 is 0 Å². The molecule has 1 aliphatic rings. The van der Waals surface area contributed by atoms with Crippen molar-refractivity contribution < 1.29 is 0 Å². The van der Waals surface area contributed by atoms with E-state index in [4.69, 9.17) is 29.9 Å². The molecule has 3 heterocycles. The summed E-state index contributed by atoms with van der Waals surface area (Å²) in [6, 6.07) is 64.4. The Morgan fingerprint density at radius 3 is 1.30 bits per heavy atom. The van der Waals surface area contributed by atoms with Gasteiger partial charge in [-0.1, -0.05) is 188 Å². The average Bonchev–Trinajstić information content (AvgIpc) is 3.73. The molecule has 7 heteroatoms. The summed E-state index contributed by atoms with van der Waals surface area (Å²) in [5.74, 6) is 4.11. The Morgan fingerprint density at radius 1 is 0.377 bits per heavy atom. The van der Waals surface area contributed by atoms with Crippen LogP contribution >= 0.6 is 11.3 Å². The summed E-state index contributed by atoms with van der Waals surface area (Å²) in [5, 5.41) is 2.55. The Kier molecular flexibility index (Phi) is 9.41. The number of benzene rings is 7. The molecule has 0 aliphatic heterocycles. The predicted octanol–water partition coefficient (Wildman–Crippen LogP) is 11.7. The molecule has 0 amide bonds. The Bertz CT molecular complexity index is 3220. The fourth-order valence-electron chi connectivity index (χ4n) is 8.05. The molecule has 0 saturated carbocycles. The van der Waals surface area contributed by atoms with Gasteiger partial charge in [-0.2, -0.15) is 0 Å². The molecule has 0 spiro atoms. The van der Waals surface area contributed by atoms with Gasteiger partial charge < -0.3 is 0 Å². The molecule has 7 aromatic carbocycles. The van der Waals surface area contributed by atoms with Crippen molar-refractivity contribution in [3.63, 3.8) is 0 Å². The number of hydrogen-bond acceptors (Lipinski definition) is 7. The normalized spacial score (nSPS) is 13.3. The SMILES string of the molecule is C1=c2sc3c(-c4cccc(-c5nc(-c6ccccc6)nc(-c6ccccc6)n5)c4)cccc3c2=CC(c2cccc(-c3nc(-c4ccccc4)nc(-c4ccccc4)n3)c2)C1. The Morgan fingerprint density at radius 2 is 0.787 bits per heavy atom. The van der Waals surface area contributed by atoms with E-state index in [0.717, 1.165) is 45.4 Å². The zero-order chi connectivity index (χ0) is 40.5. The van der Waals surface area contributed by atoms with Gasteiger partial charge in [0.1, 0.15) is 0 Å². The van der Waals surface area contributed by atoms with E-state index in [0.29, 0.717) is 34.9 Å². The topological polar surface area (TPSA) is 77.3 Å². The molecule has 0 N–H and O–H groups in total. The second-order valence-electron chi connectivity index (χ2n) is 15.1. The van der Waals surface area contributed by atoms with Crippen LogP contribution in [-0.4, -0.2) is 29.9 Å². The zero-order valence-corrected chi connectivity index (χ0v) is 33.7. The largest absolute Gasteiger partial charge is 0.208 e. The van der Waals surface area contributed by atoms with E-state index in [1.165, 1.54) is 31.0 Å². The minimum Gasteiger partial charge on any atom is -0.208 e. The molecule has 0 radical (unpaired) electrons. The lowest BCUT2D eigenvalue weighted by Gasteiger charge is -2.15. The standard InChI is InChI=1S/C54H36N6S/c1-5-16-35(17-6-1)49-55-50(36-18-7-2-8-19-36)58-53(57-49)42-26-13-24-39(32-42)40-30-31-47-46(34-40)45-29-15-28-44(48(45)61-47)41-25-14-27-43(33-41)54-59-51(37-20-9-3-10-21-37)56-52(60-54)38-22-11-4-12-23-38/h1-29,31-34,40H,30H2. The summed E-state index contributed by atoms with van der Waals surface area (Å²) in [7, 11) is 0. The van der Waals surface area contributed by atoms with Crippen molar-refractivity contribution in [3.8, 4) is 79.5 Å². The average molecular weight is 801 g/mol. The summed E-state index contributed by atoms with van der Waals surface area (Å²) in [6.07, 6.45) is 5.76. The van der Waals surface area contributed by atoms with Crippen LogP contribution in [0.2, 0.25) is 0 Å². The molecule has 0 bridgehead atoms. The lowest BCUT2D eigenvalue weighted by molar-refractivity contribution is 0.925. The first-order valence-electron chi connectivity index (χ1n) is 20.4. The second-order valence-corrected chi connectivity index (χ2v) is 16.1. The first-order chi connectivity index (χ1) is 30.2. The lowest BCUT2D eigenvalue weighted by Crippen LogP contribution is -2.23. The van der Waals surface area contributed by atoms with Gasteiger partial charge in [0.2, 0.25) is 0 Å². The van der Waals surface area contributed by atoms with E-state index in [1.54, 1.807) is 0 Å². The van der Waals surface area contributed by atoms with Crippen LogP contribution in [0.1, 0.15) is 17.9 Å². The highest BCUT2D eigenvalue weighted by molar-refractivity contribution is 7.17. The van der Waals surface area contributed by atoms with Crippen molar-refractivity contribution in [1.29, 1.82) is 0 Å². The maximum Gasteiger partial charge on any atom is 0.164 e. The van der Waals surface area contributed by atoms with Crippen molar-refractivity contribution in [2.75, 3.05) is 0 Å². The van der Waals surface area contributed by atoms with Crippen LogP contribution in [0.15, 0.2) is 188 Å². The highest BCUT2D eigenvalue weighted by Crippen LogP contribution is 2.35. The molecule has 0 saturated heterocycles. The van der Waals surface area contributed by atoms with E-state index >= 15 is 0 Å². The number of nitrogens with zero attached hydrogens (tertiary/aromatic N) is 6. The quantitative estimate of drug-likeness (QED) is 0.152. The van der Waals surface area contributed by atoms with Crippen LogP contribution in [0.25, 0.3) is 102 Å². The highest BCUT2D eigenvalue weighted by Gasteiger charge is 2.19. The number of fused-ring (bicyclic) bond motifs is 3. The van der Waals surface area contributed by atoms with Gasteiger partial charge in [0, 0.05) is 53.9 Å². The maximum absolute atomic E-state index is 5.01. The van der Waals surface area contributed by atoms with E-state index in [-0.39, 0.29) is 5.92 Å². The molecule has 11 rings (SSSR count). The van der Waals surface area contributed by atoms with Crippen LogP contribution in [0.4, 0.5) is 0 Å². The lowest BCUT2D eigenvalue weighted by atomic mass is 9.90. The monoisotopic (exact) mass is 800 g/mol. The third-order valence-electron chi connectivity index (χ3n) is 11.1. The van der Waals surface area contributed by atoms with Crippen LogP contribution in [-0.2, 0) is 0 Å². The van der Waals surface area contributed by atoms with Crippen molar-refractivity contribution in [2.24, 2.45) is 0 Å². The molecular formula is C54H36N6S. The van der Waals surface area contributed by atoms with Crippen LogP contribution < -0.4 is 9.75 Å². The molecule has 1 aliphatic carbocycles. The van der Waals surface area contributed by atoms with Gasteiger partial charge in [-0.05, 0) is 40.5 Å². The molecular weight excluding hydrogens is 765 g/mol. The van der Waals surface area contributed by atoms with E-state index in [2.05, 4.69) is 78.9 Å². The second kappa shape index (κ2) is 15.8. The Hall–Kier alpha value is -7.74. The molecule has 6 nitrogen and oxygen atoms in total. The third kappa shape index (κ3) is 7.22. The summed E-state index contributed by atoms with van der Waals surface area (Å²) < 4.78 is 2.57. The van der Waals surface area contributed by atoms with Gasteiger partial charge in [-0.3, -0.25) is 0 Å². The number of rotatable bonds is 8. The van der Waals surface area contributed by atoms with Crippen molar-refractivity contribution >= 4 is 33.6 Å². The minimum absolute atomic E-state index is 0.197. The van der Waals surface area contributed by atoms with Gasteiger partial charge in [0.25, 0.3) is 0 Å². The summed E-state index contributed by atoms with van der Waals surface area (Å²) in [6.45, 7) is 0. The summed E-state index contributed by atoms with van der Waals surface area (Å²) in [5.41, 5.74) is 9.26. The molecule has 61 heavy (non-hydrogen) atoms.